The number of rotatable bonds is 6. The van der Waals surface area contributed by atoms with Crippen LogP contribution in [0.4, 0.5) is 15.9 Å². The predicted octanol–water partition coefficient (Wildman–Crippen LogP) is 3.31. The van der Waals surface area contributed by atoms with Crippen molar-refractivity contribution in [3.63, 3.8) is 0 Å². The van der Waals surface area contributed by atoms with E-state index in [0.717, 1.165) is 0 Å². The highest BCUT2D eigenvalue weighted by Gasteiger charge is 2.24. The quantitative estimate of drug-likeness (QED) is 0.666. The lowest BCUT2D eigenvalue weighted by Crippen LogP contribution is -2.17. The van der Waals surface area contributed by atoms with Gasteiger partial charge in [-0.1, -0.05) is 0 Å². The molecule has 4 rings (SSSR count). The predicted molar refractivity (Wildman–Crippen MR) is 97.6 cm³/mol. The molecule has 0 atom stereocenters. The second kappa shape index (κ2) is 7.63. The van der Waals surface area contributed by atoms with Crippen molar-refractivity contribution in [3.8, 4) is 17.2 Å². The van der Waals surface area contributed by atoms with Crippen LogP contribution >= 0.6 is 0 Å². The van der Waals surface area contributed by atoms with Crippen LogP contribution in [0.1, 0.15) is 0 Å². The Morgan fingerprint density at radius 1 is 1.07 bits per heavy atom. The summed E-state index contributed by atoms with van der Waals surface area (Å²) in [7, 11) is 1.61. The average Bonchev–Trinajstić information content (AvgIpc) is 2.70. The molecule has 0 fully saturated rings. The molecule has 7 nitrogen and oxygen atoms in total. The Morgan fingerprint density at radius 3 is 2.63 bits per heavy atom. The van der Waals surface area contributed by atoms with Crippen LogP contribution in [-0.4, -0.2) is 43.5 Å². The average molecular weight is 371 g/mol. The molecule has 8 heteroatoms. The molecule has 0 saturated carbocycles. The van der Waals surface area contributed by atoms with Crippen molar-refractivity contribution in [2.45, 2.75) is 0 Å². The summed E-state index contributed by atoms with van der Waals surface area (Å²) in [6, 6.07) is 7.81. The fourth-order valence-corrected chi connectivity index (χ4v) is 2.82. The Hall–Kier alpha value is -3.13. The lowest BCUT2D eigenvalue weighted by molar-refractivity contribution is 0.134. The summed E-state index contributed by atoms with van der Waals surface area (Å²) in [6.07, 6.45) is 1.45. The molecule has 0 unspecified atom stereocenters. The van der Waals surface area contributed by atoms with Crippen LogP contribution in [-0.2, 0) is 4.74 Å². The number of halogens is 1. The number of nitrogens with zero attached hydrogens (tertiary/aromatic N) is 2. The molecule has 2 heterocycles. The number of ether oxygens (including phenoxy) is 4. The van der Waals surface area contributed by atoms with Crippen LogP contribution < -0.4 is 19.5 Å². The first-order valence-electron chi connectivity index (χ1n) is 8.48. The smallest absolute Gasteiger partial charge is 0.204 e. The van der Waals surface area contributed by atoms with E-state index in [1.165, 1.54) is 18.5 Å². The van der Waals surface area contributed by atoms with Crippen LogP contribution in [0.15, 0.2) is 36.7 Å². The van der Waals surface area contributed by atoms with E-state index in [4.69, 9.17) is 18.9 Å². The second-order valence-corrected chi connectivity index (χ2v) is 5.82. The highest BCUT2D eigenvalue weighted by Crippen LogP contribution is 2.47. The third kappa shape index (κ3) is 3.56. The molecule has 0 saturated heterocycles. The fraction of sp³-hybridized carbons (Fsp3) is 0.263. The van der Waals surface area contributed by atoms with E-state index in [0.29, 0.717) is 66.1 Å². The second-order valence-electron chi connectivity index (χ2n) is 5.82. The van der Waals surface area contributed by atoms with E-state index in [1.54, 1.807) is 25.3 Å². The lowest BCUT2D eigenvalue weighted by Gasteiger charge is -2.23. The molecule has 0 spiro atoms. The summed E-state index contributed by atoms with van der Waals surface area (Å²) in [4.78, 5) is 8.66. The van der Waals surface area contributed by atoms with Crippen LogP contribution in [0.2, 0.25) is 0 Å². The number of aromatic nitrogens is 2. The van der Waals surface area contributed by atoms with Crippen LogP contribution in [0.5, 0.6) is 17.2 Å². The zero-order chi connectivity index (χ0) is 18.6. The SMILES string of the molecule is COCCOc1cc2ncnc(Nc3ccc(F)cc3)c2c2c1OCCO2. The summed E-state index contributed by atoms with van der Waals surface area (Å²) < 4.78 is 35.6. The third-order valence-corrected chi connectivity index (χ3v) is 4.03. The molecule has 3 aromatic rings. The number of methoxy groups -OCH3 is 1. The largest absolute Gasteiger partial charge is 0.487 e. The standard InChI is InChI=1S/C19H18FN3O4/c1-24-6-7-25-15-10-14-16(18-17(15)26-8-9-27-18)19(22-11-21-14)23-13-4-2-12(20)3-5-13/h2-5,10-11H,6-9H2,1H3,(H,21,22,23). The Labute approximate surface area is 155 Å². The Kier molecular flexibility index (Phi) is 4.88. The normalized spacial score (nSPS) is 12.8. The number of hydrogen-bond donors (Lipinski definition) is 1. The minimum absolute atomic E-state index is 0.306. The van der Waals surface area contributed by atoms with Gasteiger partial charge in [-0.25, -0.2) is 14.4 Å². The Morgan fingerprint density at radius 2 is 1.85 bits per heavy atom. The van der Waals surface area contributed by atoms with Gasteiger partial charge in [-0.3, -0.25) is 0 Å². The topological polar surface area (TPSA) is 74.7 Å². The molecular formula is C19H18FN3O4. The Balaban J connectivity index is 1.78. The van der Waals surface area contributed by atoms with Gasteiger partial charge in [-0.2, -0.15) is 0 Å². The molecular weight excluding hydrogens is 353 g/mol. The van der Waals surface area contributed by atoms with Crippen molar-refractivity contribution >= 4 is 22.4 Å². The van der Waals surface area contributed by atoms with Gasteiger partial charge in [0.2, 0.25) is 5.75 Å². The molecule has 0 bridgehead atoms. The van der Waals surface area contributed by atoms with Crippen LogP contribution in [0.25, 0.3) is 10.9 Å². The molecule has 140 valence electrons. The molecule has 0 radical (unpaired) electrons. The van der Waals surface area contributed by atoms with E-state index in [-0.39, 0.29) is 5.82 Å². The molecule has 1 N–H and O–H groups in total. The Bertz CT molecular complexity index is 950. The number of benzene rings is 2. The van der Waals surface area contributed by atoms with Crippen LogP contribution in [0, 0.1) is 5.82 Å². The van der Waals surface area contributed by atoms with Gasteiger partial charge in [0.05, 0.1) is 17.5 Å². The number of nitrogens with one attached hydrogen (secondary N) is 1. The summed E-state index contributed by atoms with van der Waals surface area (Å²) in [5.74, 6) is 1.82. The lowest BCUT2D eigenvalue weighted by atomic mass is 10.1. The monoisotopic (exact) mass is 371 g/mol. The van der Waals surface area contributed by atoms with Gasteiger partial charge >= 0.3 is 0 Å². The van der Waals surface area contributed by atoms with Crippen molar-refractivity contribution in [2.24, 2.45) is 0 Å². The third-order valence-electron chi connectivity index (χ3n) is 4.03. The highest BCUT2D eigenvalue weighted by atomic mass is 19.1. The zero-order valence-electron chi connectivity index (χ0n) is 14.7. The maximum Gasteiger partial charge on any atom is 0.204 e. The van der Waals surface area contributed by atoms with Gasteiger partial charge in [0, 0.05) is 18.9 Å². The van der Waals surface area contributed by atoms with Gasteiger partial charge in [-0.05, 0) is 24.3 Å². The summed E-state index contributed by atoms with van der Waals surface area (Å²) in [6.45, 7) is 1.67. The zero-order valence-corrected chi connectivity index (χ0v) is 14.7. The van der Waals surface area contributed by atoms with Crippen molar-refractivity contribution in [2.75, 3.05) is 38.9 Å². The maximum absolute atomic E-state index is 13.2. The van der Waals surface area contributed by atoms with Crippen LogP contribution in [0.3, 0.4) is 0 Å². The van der Waals surface area contributed by atoms with Crippen molar-refractivity contribution < 1.29 is 23.3 Å². The number of anilines is 2. The van der Waals surface area contributed by atoms with Gasteiger partial charge in [-0.15, -0.1) is 0 Å². The minimum atomic E-state index is -0.306. The molecule has 27 heavy (non-hydrogen) atoms. The molecule has 1 aromatic heterocycles. The number of hydrogen-bond acceptors (Lipinski definition) is 7. The first-order chi connectivity index (χ1) is 13.3. The summed E-state index contributed by atoms with van der Waals surface area (Å²) >= 11 is 0. The van der Waals surface area contributed by atoms with Gasteiger partial charge in [0.1, 0.15) is 37.8 Å². The van der Waals surface area contributed by atoms with E-state index in [2.05, 4.69) is 15.3 Å². The highest BCUT2D eigenvalue weighted by molar-refractivity contribution is 5.99. The van der Waals surface area contributed by atoms with Gasteiger partial charge < -0.3 is 24.3 Å². The summed E-state index contributed by atoms with van der Waals surface area (Å²) in [5.41, 5.74) is 1.34. The van der Waals surface area contributed by atoms with E-state index >= 15 is 0 Å². The first kappa shape index (κ1) is 17.3. The summed E-state index contributed by atoms with van der Waals surface area (Å²) in [5, 5.41) is 3.86. The van der Waals surface area contributed by atoms with Crippen molar-refractivity contribution in [1.29, 1.82) is 0 Å². The van der Waals surface area contributed by atoms with Gasteiger partial charge in [0.25, 0.3) is 0 Å². The van der Waals surface area contributed by atoms with E-state index < -0.39 is 0 Å². The molecule has 1 aliphatic rings. The number of fused-ring (bicyclic) bond motifs is 3. The van der Waals surface area contributed by atoms with Gasteiger partial charge in [0.15, 0.2) is 11.5 Å². The molecule has 0 aliphatic carbocycles. The van der Waals surface area contributed by atoms with Crippen molar-refractivity contribution in [1.82, 2.24) is 9.97 Å². The first-order valence-corrected chi connectivity index (χ1v) is 8.48. The van der Waals surface area contributed by atoms with E-state index in [9.17, 15) is 4.39 Å². The van der Waals surface area contributed by atoms with E-state index in [1.807, 2.05) is 0 Å². The maximum atomic E-state index is 13.2. The minimum Gasteiger partial charge on any atom is -0.487 e. The van der Waals surface area contributed by atoms with Crippen molar-refractivity contribution in [3.05, 3.63) is 42.5 Å². The molecule has 2 aromatic carbocycles. The fourth-order valence-electron chi connectivity index (χ4n) is 2.82. The molecule has 0 amide bonds. The molecule has 1 aliphatic heterocycles.